The molecule has 1 aromatic rings. The minimum Gasteiger partial charge on any atom is -0.462 e. The number of pyridine rings is 1. The van der Waals surface area contributed by atoms with Crippen LogP contribution in [-0.4, -0.2) is 17.6 Å². The summed E-state index contributed by atoms with van der Waals surface area (Å²) < 4.78 is 5.01. The molecule has 0 unspecified atom stereocenters. The van der Waals surface area contributed by atoms with E-state index in [4.69, 9.17) is 4.74 Å². The van der Waals surface area contributed by atoms with Gasteiger partial charge in [-0.3, -0.25) is 4.98 Å². The van der Waals surface area contributed by atoms with Gasteiger partial charge in [-0.15, -0.1) is 0 Å². The number of aryl methyl sites for hydroxylation is 2. The number of carbonyl (C=O) groups is 1. The van der Waals surface area contributed by atoms with Crippen LogP contribution in [0.5, 0.6) is 0 Å². The fourth-order valence-corrected chi connectivity index (χ4v) is 1.57. The molecule has 0 aliphatic heterocycles. The van der Waals surface area contributed by atoms with Crippen LogP contribution in [-0.2, 0) is 17.6 Å². The topological polar surface area (TPSA) is 39.2 Å². The molecule has 0 fully saturated rings. The summed E-state index contributed by atoms with van der Waals surface area (Å²) in [6, 6.07) is 3.72. The fraction of sp³-hybridized carbons (Fsp3) is 0.538. The Kier molecular flexibility index (Phi) is 4.96. The number of rotatable bonds is 5. The van der Waals surface area contributed by atoms with Crippen LogP contribution in [0.3, 0.4) is 0 Å². The van der Waals surface area contributed by atoms with Crippen molar-refractivity contribution in [2.24, 2.45) is 0 Å². The molecule has 0 aliphatic carbocycles. The van der Waals surface area contributed by atoms with Crippen LogP contribution in [0.2, 0.25) is 0 Å². The van der Waals surface area contributed by atoms with Crippen LogP contribution in [0, 0.1) is 0 Å². The molecular weight excluding hydrogens is 202 g/mol. The van der Waals surface area contributed by atoms with Gasteiger partial charge in [0.05, 0.1) is 17.9 Å². The Balaban J connectivity index is 3.01. The second-order valence-electron chi connectivity index (χ2n) is 3.62. The molecule has 0 saturated heterocycles. The van der Waals surface area contributed by atoms with Crippen LogP contribution < -0.4 is 0 Å². The first-order valence-electron chi connectivity index (χ1n) is 5.88. The normalized spacial score (nSPS) is 10.2. The average Bonchev–Trinajstić information content (AvgIpc) is 2.29. The van der Waals surface area contributed by atoms with Crippen molar-refractivity contribution in [1.29, 1.82) is 0 Å². The molecule has 0 saturated carbocycles. The quantitative estimate of drug-likeness (QED) is 0.718. The van der Waals surface area contributed by atoms with E-state index in [1.54, 1.807) is 0 Å². The summed E-state index contributed by atoms with van der Waals surface area (Å²) in [4.78, 5) is 16.2. The molecule has 0 aliphatic rings. The lowest BCUT2D eigenvalue weighted by Crippen LogP contribution is -2.10. The Morgan fingerprint density at radius 3 is 2.62 bits per heavy atom. The van der Waals surface area contributed by atoms with Gasteiger partial charge in [0.15, 0.2) is 0 Å². The monoisotopic (exact) mass is 221 g/mol. The molecule has 1 rings (SSSR count). The lowest BCUT2D eigenvalue weighted by Gasteiger charge is -2.08. The lowest BCUT2D eigenvalue weighted by atomic mass is 10.1. The Morgan fingerprint density at radius 1 is 1.31 bits per heavy atom. The summed E-state index contributed by atoms with van der Waals surface area (Å²) >= 11 is 0. The molecule has 0 aromatic carbocycles. The minimum atomic E-state index is -0.263. The van der Waals surface area contributed by atoms with E-state index in [1.165, 1.54) is 0 Å². The van der Waals surface area contributed by atoms with Crippen molar-refractivity contribution in [1.82, 2.24) is 4.98 Å². The van der Waals surface area contributed by atoms with Gasteiger partial charge in [-0.25, -0.2) is 4.79 Å². The number of carbonyl (C=O) groups excluding carboxylic acids is 1. The summed E-state index contributed by atoms with van der Waals surface area (Å²) in [6.45, 7) is 6.35. The van der Waals surface area contributed by atoms with Crippen LogP contribution in [0.1, 0.15) is 48.9 Å². The summed E-state index contributed by atoms with van der Waals surface area (Å²) in [7, 11) is 0. The number of aromatic nitrogens is 1. The smallest absolute Gasteiger partial charge is 0.339 e. The number of esters is 1. The average molecular weight is 221 g/mol. The van der Waals surface area contributed by atoms with Gasteiger partial charge in [-0.2, -0.15) is 0 Å². The van der Waals surface area contributed by atoms with Gasteiger partial charge in [0, 0.05) is 5.69 Å². The van der Waals surface area contributed by atoms with Crippen molar-refractivity contribution in [2.45, 2.75) is 40.0 Å². The number of nitrogens with zero attached hydrogens (tertiary/aromatic N) is 1. The number of hydrogen-bond acceptors (Lipinski definition) is 3. The standard InChI is InChI=1S/C13H19NO2/c1-4-7-12-11(13(15)16-6-3)9-8-10(5-2)14-12/h8-9H,4-7H2,1-3H3. The van der Waals surface area contributed by atoms with Crippen LogP contribution in [0.4, 0.5) is 0 Å². The third-order valence-electron chi connectivity index (χ3n) is 2.38. The van der Waals surface area contributed by atoms with Crippen LogP contribution in [0.25, 0.3) is 0 Å². The maximum atomic E-state index is 11.7. The molecule has 3 heteroatoms. The Bertz CT molecular complexity index is 361. The summed E-state index contributed by atoms with van der Waals surface area (Å²) in [5, 5.41) is 0. The molecule has 1 heterocycles. The van der Waals surface area contributed by atoms with Gasteiger partial charge in [0.2, 0.25) is 0 Å². The van der Waals surface area contributed by atoms with Crippen molar-refractivity contribution in [3.63, 3.8) is 0 Å². The Hall–Kier alpha value is -1.38. The zero-order chi connectivity index (χ0) is 12.0. The summed E-state index contributed by atoms with van der Waals surface area (Å²) in [6.07, 6.45) is 2.69. The second-order valence-corrected chi connectivity index (χ2v) is 3.62. The Labute approximate surface area is 96.8 Å². The zero-order valence-electron chi connectivity index (χ0n) is 10.2. The molecule has 3 nitrogen and oxygen atoms in total. The highest BCUT2D eigenvalue weighted by Gasteiger charge is 2.13. The first-order valence-corrected chi connectivity index (χ1v) is 5.88. The molecule has 16 heavy (non-hydrogen) atoms. The van der Waals surface area contributed by atoms with Crippen molar-refractivity contribution >= 4 is 5.97 Å². The highest BCUT2D eigenvalue weighted by Crippen LogP contribution is 2.12. The van der Waals surface area contributed by atoms with Gasteiger partial charge in [0.25, 0.3) is 0 Å². The van der Waals surface area contributed by atoms with Crippen molar-refractivity contribution in [3.8, 4) is 0 Å². The van der Waals surface area contributed by atoms with E-state index < -0.39 is 0 Å². The van der Waals surface area contributed by atoms with Gasteiger partial charge in [-0.1, -0.05) is 20.3 Å². The molecule has 0 amide bonds. The van der Waals surface area contributed by atoms with E-state index in [9.17, 15) is 4.79 Å². The number of hydrogen-bond donors (Lipinski definition) is 0. The fourth-order valence-electron chi connectivity index (χ4n) is 1.57. The van der Waals surface area contributed by atoms with E-state index in [0.717, 1.165) is 30.7 Å². The van der Waals surface area contributed by atoms with Crippen molar-refractivity contribution in [3.05, 3.63) is 29.1 Å². The SMILES string of the molecule is CCCc1nc(CC)ccc1C(=O)OCC. The Morgan fingerprint density at radius 2 is 2.06 bits per heavy atom. The van der Waals surface area contributed by atoms with Gasteiger partial charge in [0.1, 0.15) is 0 Å². The maximum absolute atomic E-state index is 11.7. The largest absolute Gasteiger partial charge is 0.462 e. The highest BCUT2D eigenvalue weighted by molar-refractivity contribution is 5.90. The summed E-state index contributed by atoms with van der Waals surface area (Å²) in [5.41, 5.74) is 2.50. The maximum Gasteiger partial charge on any atom is 0.339 e. The predicted molar refractivity (Wildman–Crippen MR) is 63.6 cm³/mol. The minimum absolute atomic E-state index is 0.263. The van der Waals surface area contributed by atoms with Gasteiger partial charge < -0.3 is 4.74 Å². The molecule has 0 radical (unpaired) electrons. The molecule has 1 aromatic heterocycles. The van der Waals surface area contributed by atoms with E-state index in [2.05, 4.69) is 18.8 Å². The first-order chi connectivity index (χ1) is 7.72. The first kappa shape index (κ1) is 12.7. The van der Waals surface area contributed by atoms with Gasteiger partial charge >= 0.3 is 5.97 Å². The molecule has 0 N–H and O–H groups in total. The zero-order valence-corrected chi connectivity index (χ0v) is 10.2. The van der Waals surface area contributed by atoms with E-state index in [0.29, 0.717) is 12.2 Å². The van der Waals surface area contributed by atoms with E-state index >= 15 is 0 Å². The molecule has 0 spiro atoms. The van der Waals surface area contributed by atoms with Gasteiger partial charge in [-0.05, 0) is 31.9 Å². The molecular formula is C13H19NO2. The van der Waals surface area contributed by atoms with Crippen LogP contribution >= 0.6 is 0 Å². The lowest BCUT2D eigenvalue weighted by molar-refractivity contribution is 0.0524. The van der Waals surface area contributed by atoms with Crippen molar-refractivity contribution < 1.29 is 9.53 Å². The van der Waals surface area contributed by atoms with E-state index in [1.807, 2.05) is 19.1 Å². The third-order valence-corrected chi connectivity index (χ3v) is 2.38. The molecule has 88 valence electrons. The molecule has 0 bridgehead atoms. The number of ether oxygens (including phenoxy) is 1. The van der Waals surface area contributed by atoms with Crippen LogP contribution in [0.15, 0.2) is 12.1 Å². The van der Waals surface area contributed by atoms with E-state index in [-0.39, 0.29) is 5.97 Å². The van der Waals surface area contributed by atoms with Crippen molar-refractivity contribution in [2.75, 3.05) is 6.61 Å². The summed E-state index contributed by atoms with van der Waals surface area (Å²) in [5.74, 6) is -0.263. The predicted octanol–water partition coefficient (Wildman–Crippen LogP) is 2.77. The highest BCUT2D eigenvalue weighted by atomic mass is 16.5. The second kappa shape index (κ2) is 6.26. The third kappa shape index (κ3) is 3.05. The molecule has 0 atom stereocenters.